The minimum atomic E-state index is -3.80. The highest BCUT2D eigenvalue weighted by Gasteiger charge is 2.17. The predicted octanol–water partition coefficient (Wildman–Crippen LogP) is 2.40. The number of hydrogen-bond acceptors (Lipinski definition) is 2. The molecule has 0 amide bonds. The highest BCUT2D eigenvalue weighted by atomic mass is 32.2. The molecule has 0 saturated heterocycles. The Morgan fingerprint density at radius 3 is 2.35 bits per heavy atom. The lowest BCUT2D eigenvalue weighted by molar-refractivity contribution is 0.597. The fourth-order valence-corrected chi connectivity index (χ4v) is 3.10. The third kappa shape index (κ3) is 3.05. The van der Waals surface area contributed by atoms with E-state index >= 15 is 0 Å². The summed E-state index contributed by atoms with van der Waals surface area (Å²) < 4.78 is 28.4. The summed E-state index contributed by atoms with van der Waals surface area (Å²) in [4.78, 5) is 0.191. The van der Waals surface area contributed by atoms with Crippen molar-refractivity contribution in [1.82, 2.24) is 0 Å². The molecule has 0 heterocycles. The summed E-state index contributed by atoms with van der Waals surface area (Å²) in [5.41, 5.74) is 7.88. The van der Waals surface area contributed by atoms with E-state index in [1.165, 1.54) is 0 Å². The molecule has 0 unspecified atom stereocenters. The Kier molecular flexibility index (Phi) is 3.90. The Hall–Kier alpha value is -2.14. The predicted molar refractivity (Wildman–Crippen MR) is 80.3 cm³/mol. The van der Waals surface area contributed by atoms with Gasteiger partial charge in [0.1, 0.15) is 5.84 Å². The maximum absolute atomic E-state index is 12.3. The van der Waals surface area contributed by atoms with Crippen molar-refractivity contribution in [3.8, 4) is 0 Å². The largest absolute Gasteiger partial charge is 0.383 e. The summed E-state index contributed by atoms with van der Waals surface area (Å²) in [5.74, 6) is -0.00786. The Morgan fingerprint density at radius 2 is 1.70 bits per heavy atom. The Morgan fingerprint density at radius 1 is 1.05 bits per heavy atom. The topological polar surface area (TPSA) is 72.5 Å². The monoisotopic (exact) mass is 288 g/mol. The number of sulfonamides is 1. The molecule has 0 aliphatic carbocycles. The van der Waals surface area contributed by atoms with Crippen LogP contribution < -0.4 is 5.73 Å². The highest BCUT2D eigenvalue weighted by Crippen LogP contribution is 2.19. The fraction of sp³-hybridized carbons (Fsp3) is 0.133. The number of amidine groups is 1. The summed E-state index contributed by atoms with van der Waals surface area (Å²) >= 11 is 0. The molecule has 104 valence electrons. The molecule has 2 aromatic carbocycles. The van der Waals surface area contributed by atoms with Gasteiger partial charge in [0.2, 0.25) is 0 Å². The molecule has 0 aliphatic rings. The molecule has 0 spiro atoms. The Labute approximate surface area is 119 Å². The van der Waals surface area contributed by atoms with Crippen LogP contribution in [0.15, 0.2) is 57.8 Å². The Bertz CT molecular complexity index is 751. The van der Waals surface area contributed by atoms with E-state index in [4.69, 9.17) is 5.73 Å². The van der Waals surface area contributed by atoms with Gasteiger partial charge in [0.25, 0.3) is 10.0 Å². The molecule has 0 aromatic heterocycles. The fourth-order valence-electron chi connectivity index (χ4n) is 1.83. The van der Waals surface area contributed by atoms with Crippen molar-refractivity contribution < 1.29 is 8.42 Å². The van der Waals surface area contributed by atoms with Gasteiger partial charge in [-0.2, -0.15) is 8.42 Å². The number of rotatable bonds is 3. The van der Waals surface area contributed by atoms with Crippen molar-refractivity contribution in [3.63, 3.8) is 0 Å². The summed E-state index contributed by atoms with van der Waals surface area (Å²) in [6, 6.07) is 14.1. The van der Waals surface area contributed by atoms with Crippen LogP contribution in [0.4, 0.5) is 0 Å². The zero-order chi connectivity index (χ0) is 14.8. The first kappa shape index (κ1) is 14.3. The van der Waals surface area contributed by atoms with E-state index in [0.29, 0.717) is 11.1 Å². The number of nitrogens with zero attached hydrogens (tertiary/aromatic N) is 1. The molecular weight excluding hydrogens is 272 g/mol. The standard InChI is InChI=1S/C15H16N2O2S/c1-11-8-9-12(2)14(10-11)20(18,19)17-15(16)13-6-4-3-5-7-13/h3-10H,1-2H3,(H2,16,17). The SMILES string of the molecule is Cc1ccc(C)c(S(=O)(=O)/N=C(\N)c2ccccc2)c1. The van der Waals surface area contributed by atoms with Crippen LogP contribution in [0.25, 0.3) is 0 Å². The quantitative estimate of drug-likeness (QED) is 0.696. The van der Waals surface area contributed by atoms with E-state index in [2.05, 4.69) is 4.40 Å². The van der Waals surface area contributed by atoms with Gasteiger partial charge in [0.15, 0.2) is 0 Å². The molecule has 0 bridgehead atoms. The normalized spacial score (nSPS) is 12.4. The first-order valence-electron chi connectivity index (χ1n) is 6.13. The van der Waals surface area contributed by atoms with Crippen LogP contribution >= 0.6 is 0 Å². The highest BCUT2D eigenvalue weighted by molar-refractivity contribution is 7.90. The maximum atomic E-state index is 12.3. The van der Waals surface area contributed by atoms with Gasteiger partial charge in [-0.3, -0.25) is 0 Å². The molecule has 0 radical (unpaired) electrons. The molecule has 4 nitrogen and oxygen atoms in total. The molecule has 20 heavy (non-hydrogen) atoms. The third-order valence-corrected chi connectivity index (χ3v) is 4.34. The Balaban J connectivity index is 2.49. The van der Waals surface area contributed by atoms with Gasteiger partial charge in [-0.1, -0.05) is 42.5 Å². The first-order valence-corrected chi connectivity index (χ1v) is 7.57. The van der Waals surface area contributed by atoms with Crippen LogP contribution in [0.3, 0.4) is 0 Å². The van der Waals surface area contributed by atoms with E-state index in [0.717, 1.165) is 5.56 Å². The third-order valence-electron chi connectivity index (χ3n) is 2.91. The average molecular weight is 288 g/mol. The van der Waals surface area contributed by atoms with Gasteiger partial charge in [0.05, 0.1) is 4.90 Å². The summed E-state index contributed by atoms with van der Waals surface area (Å²) in [6.45, 7) is 3.57. The van der Waals surface area contributed by atoms with Gasteiger partial charge in [-0.15, -0.1) is 4.40 Å². The molecular formula is C15H16N2O2S. The van der Waals surface area contributed by atoms with Crippen LogP contribution in [0.5, 0.6) is 0 Å². The molecule has 5 heteroatoms. The van der Waals surface area contributed by atoms with E-state index in [1.807, 2.05) is 19.1 Å². The van der Waals surface area contributed by atoms with Crippen molar-refractivity contribution >= 4 is 15.9 Å². The van der Waals surface area contributed by atoms with Crippen molar-refractivity contribution in [2.24, 2.45) is 10.1 Å². The van der Waals surface area contributed by atoms with Gasteiger partial charge in [-0.05, 0) is 31.0 Å². The lowest BCUT2D eigenvalue weighted by atomic mass is 10.2. The smallest absolute Gasteiger partial charge is 0.284 e. The summed E-state index contributed by atoms with van der Waals surface area (Å²) in [5, 5.41) is 0. The number of aryl methyl sites for hydroxylation is 2. The van der Waals surface area contributed by atoms with Gasteiger partial charge < -0.3 is 5.73 Å². The second-order valence-corrected chi connectivity index (χ2v) is 6.16. The minimum Gasteiger partial charge on any atom is -0.383 e. The zero-order valence-corrected chi connectivity index (χ0v) is 12.2. The zero-order valence-electron chi connectivity index (χ0n) is 11.4. The summed E-state index contributed by atoms with van der Waals surface area (Å²) in [7, 11) is -3.80. The van der Waals surface area contributed by atoms with Crippen molar-refractivity contribution in [1.29, 1.82) is 0 Å². The van der Waals surface area contributed by atoms with Crippen LogP contribution in [0.2, 0.25) is 0 Å². The lowest BCUT2D eigenvalue weighted by Crippen LogP contribution is -2.16. The summed E-state index contributed by atoms with van der Waals surface area (Å²) in [6.07, 6.45) is 0. The van der Waals surface area contributed by atoms with Gasteiger partial charge in [0, 0.05) is 5.56 Å². The van der Waals surface area contributed by atoms with Crippen LogP contribution in [0.1, 0.15) is 16.7 Å². The van der Waals surface area contributed by atoms with Crippen molar-refractivity contribution in [2.75, 3.05) is 0 Å². The van der Waals surface area contributed by atoms with Crippen molar-refractivity contribution in [3.05, 3.63) is 65.2 Å². The first-order chi connectivity index (χ1) is 9.40. The number of benzene rings is 2. The van der Waals surface area contributed by atoms with E-state index in [9.17, 15) is 8.42 Å². The molecule has 0 saturated carbocycles. The van der Waals surface area contributed by atoms with Crippen molar-refractivity contribution in [2.45, 2.75) is 18.7 Å². The second-order valence-electron chi connectivity index (χ2n) is 4.59. The van der Waals surface area contributed by atoms with E-state index < -0.39 is 10.0 Å². The molecule has 0 atom stereocenters. The molecule has 2 aromatic rings. The lowest BCUT2D eigenvalue weighted by Gasteiger charge is -2.06. The molecule has 0 aliphatic heterocycles. The maximum Gasteiger partial charge on any atom is 0.284 e. The number of nitrogens with two attached hydrogens (primary N) is 1. The van der Waals surface area contributed by atoms with Gasteiger partial charge >= 0.3 is 0 Å². The number of hydrogen-bond donors (Lipinski definition) is 1. The van der Waals surface area contributed by atoms with Crippen LogP contribution in [-0.2, 0) is 10.0 Å². The van der Waals surface area contributed by atoms with Crippen LogP contribution in [0, 0.1) is 13.8 Å². The van der Waals surface area contributed by atoms with E-state index in [1.54, 1.807) is 43.3 Å². The molecule has 2 rings (SSSR count). The van der Waals surface area contributed by atoms with E-state index in [-0.39, 0.29) is 10.7 Å². The minimum absolute atomic E-state index is 0.00786. The molecule has 2 N–H and O–H groups in total. The molecule has 0 fully saturated rings. The van der Waals surface area contributed by atoms with Gasteiger partial charge in [-0.25, -0.2) is 0 Å². The average Bonchev–Trinajstić information content (AvgIpc) is 2.42. The second kappa shape index (κ2) is 5.46. The van der Waals surface area contributed by atoms with Crippen LogP contribution in [-0.4, -0.2) is 14.3 Å².